The van der Waals surface area contributed by atoms with Crippen molar-refractivity contribution in [3.63, 3.8) is 0 Å². The number of nitrogens with zero attached hydrogens (tertiary/aromatic N) is 2. The smallest absolute Gasteiger partial charge is 0.237 e. The topological polar surface area (TPSA) is 54.9 Å². The van der Waals surface area contributed by atoms with Gasteiger partial charge in [0, 0.05) is 5.69 Å². The molecular weight excluding hydrogens is 322 g/mol. The number of amides is 1. The van der Waals surface area contributed by atoms with Gasteiger partial charge in [0.2, 0.25) is 5.91 Å². The van der Waals surface area contributed by atoms with Gasteiger partial charge in [-0.15, -0.1) is 10.2 Å². The second kappa shape index (κ2) is 7.82. The molecule has 0 fully saturated rings. The molecule has 1 aromatic carbocycles. The lowest BCUT2D eigenvalue weighted by Gasteiger charge is -2.10. The highest BCUT2D eigenvalue weighted by atomic mass is 32.2. The first-order valence-electron chi connectivity index (χ1n) is 6.56. The molecular formula is C14H17N3OS3. The van der Waals surface area contributed by atoms with Crippen LogP contribution < -0.4 is 5.32 Å². The van der Waals surface area contributed by atoms with E-state index in [9.17, 15) is 4.79 Å². The molecule has 0 bridgehead atoms. The Hall–Kier alpha value is -1.05. The Labute approximate surface area is 137 Å². The number of anilines is 1. The number of hydrogen-bond acceptors (Lipinski definition) is 6. The monoisotopic (exact) mass is 339 g/mol. The van der Waals surface area contributed by atoms with Crippen LogP contribution in [0, 0.1) is 0 Å². The van der Waals surface area contributed by atoms with E-state index in [2.05, 4.69) is 22.4 Å². The molecule has 0 spiro atoms. The summed E-state index contributed by atoms with van der Waals surface area (Å²) in [5.41, 5.74) is 2.08. The van der Waals surface area contributed by atoms with Crippen molar-refractivity contribution >= 4 is 46.5 Å². The minimum absolute atomic E-state index is 0.0230. The summed E-state index contributed by atoms with van der Waals surface area (Å²) in [4.78, 5) is 12.2. The highest BCUT2D eigenvalue weighted by molar-refractivity contribution is 8.03. The highest BCUT2D eigenvalue weighted by Gasteiger charge is 2.17. The quantitative estimate of drug-likeness (QED) is 0.808. The van der Waals surface area contributed by atoms with Gasteiger partial charge >= 0.3 is 0 Å². The molecule has 1 heterocycles. The van der Waals surface area contributed by atoms with E-state index in [0.29, 0.717) is 0 Å². The second-order valence-electron chi connectivity index (χ2n) is 4.34. The van der Waals surface area contributed by atoms with Crippen molar-refractivity contribution < 1.29 is 4.79 Å². The van der Waals surface area contributed by atoms with E-state index in [1.54, 1.807) is 11.8 Å². The SMILES string of the molecule is CCc1ccc(NC(=O)[C@@H](C)Sc2nnc(SC)s2)cc1. The Morgan fingerprint density at radius 2 is 1.95 bits per heavy atom. The average molecular weight is 340 g/mol. The van der Waals surface area contributed by atoms with E-state index in [0.717, 1.165) is 20.8 Å². The number of hydrogen-bond donors (Lipinski definition) is 1. The van der Waals surface area contributed by atoms with Gasteiger partial charge in [0.05, 0.1) is 5.25 Å². The van der Waals surface area contributed by atoms with Gasteiger partial charge in [0.15, 0.2) is 8.68 Å². The Morgan fingerprint density at radius 1 is 1.29 bits per heavy atom. The van der Waals surface area contributed by atoms with Crippen LogP contribution in [0.1, 0.15) is 19.4 Å². The Balaban J connectivity index is 1.92. The normalized spacial score (nSPS) is 12.1. The lowest BCUT2D eigenvalue weighted by Crippen LogP contribution is -2.22. The average Bonchev–Trinajstić information content (AvgIpc) is 2.95. The zero-order valence-electron chi connectivity index (χ0n) is 12.1. The lowest BCUT2D eigenvalue weighted by atomic mass is 10.1. The molecule has 2 rings (SSSR count). The minimum atomic E-state index is -0.210. The summed E-state index contributed by atoms with van der Waals surface area (Å²) in [6, 6.07) is 7.93. The maximum absolute atomic E-state index is 12.2. The van der Waals surface area contributed by atoms with Crippen LogP contribution in [0.5, 0.6) is 0 Å². The molecule has 0 aliphatic heterocycles. The Bertz CT molecular complexity index is 598. The number of carbonyl (C=O) groups is 1. The maximum atomic E-state index is 12.2. The van der Waals surface area contributed by atoms with E-state index in [1.807, 2.05) is 37.4 Å². The van der Waals surface area contributed by atoms with Gasteiger partial charge in [-0.1, -0.05) is 53.9 Å². The molecule has 1 aromatic heterocycles. The zero-order chi connectivity index (χ0) is 15.2. The Kier molecular flexibility index (Phi) is 6.08. The van der Waals surface area contributed by atoms with Crippen molar-refractivity contribution in [3.8, 4) is 0 Å². The fraction of sp³-hybridized carbons (Fsp3) is 0.357. The molecule has 1 atom stereocenters. The van der Waals surface area contributed by atoms with E-state index in [4.69, 9.17) is 0 Å². The van der Waals surface area contributed by atoms with Gasteiger partial charge in [-0.3, -0.25) is 4.79 Å². The molecule has 0 saturated carbocycles. The molecule has 0 radical (unpaired) electrons. The van der Waals surface area contributed by atoms with Gasteiger partial charge < -0.3 is 5.32 Å². The molecule has 0 unspecified atom stereocenters. The molecule has 2 aromatic rings. The molecule has 0 aliphatic rings. The van der Waals surface area contributed by atoms with Crippen LogP contribution in [-0.2, 0) is 11.2 Å². The van der Waals surface area contributed by atoms with Crippen LogP contribution in [0.25, 0.3) is 0 Å². The van der Waals surface area contributed by atoms with Crippen molar-refractivity contribution in [2.75, 3.05) is 11.6 Å². The zero-order valence-corrected chi connectivity index (χ0v) is 14.6. The van der Waals surface area contributed by atoms with E-state index < -0.39 is 0 Å². The molecule has 1 amide bonds. The van der Waals surface area contributed by atoms with E-state index in [1.165, 1.54) is 28.7 Å². The van der Waals surface area contributed by atoms with Crippen molar-refractivity contribution in [3.05, 3.63) is 29.8 Å². The summed E-state index contributed by atoms with van der Waals surface area (Å²) >= 11 is 4.51. The Morgan fingerprint density at radius 3 is 2.52 bits per heavy atom. The van der Waals surface area contributed by atoms with Gasteiger partial charge in [0.1, 0.15) is 0 Å². The third-order valence-corrected chi connectivity index (χ3v) is 5.92. The predicted molar refractivity (Wildman–Crippen MR) is 91.5 cm³/mol. The number of rotatable bonds is 6. The highest BCUT2D eigenvalue weighted by Crippen LogP contribution is 2.30. The summed E-state index contributed by atoms with van der Waals surface area (Å²) < 4.78 is 1.74. The first kappa shape index (κ1) is 16.3. The van der Waals surface area contributed by atoms with Crippen molar-refractivity contribution in [1.82, 2.24) is 10.2 Å². The van der Waals surface area contributed by atoms with E-state index in [-0.39, 0.29) is 11.2 Å². The van der Waals surface area contributed by atoms with Gasteiger partial charge in [-0.2, -0.15) is 0 Å². The fourth-order valence-electron chi connectivity index (χ4n) is 1.60. The summed E-state index contributed by atoms with van der Waals surface area (Å²) in [7, 11) is 0. The third-order valence-electron chi connectivity index (χ3n) is 2.84. The third kappa shape index (κ3) is 4.72. The molecule has 112 valence electrons. The number of carbonyl (C=O) groups excluding carboxylic acids is 1. The van der Waals surface area contributed by atoms with Gasteiger partial charge in [-0.25, -0.2) is 0 Å². The van der Waals surface area contributed by atoms with Crippen LogP contribution in [0.15, 0.2) is 32.9 Å². The van der Waals surface area contributed by atoms with Crippen molar-refractivity contribution in [2.45, 2.75) is 34.2 Å². The molecule has 4 nitrogen and oxygen atoms in total. The maximum Gasteiger partial charge on any atom is 0.237 e. The molecule has 7 heteroatoms. The number of thioether (sulfide) groups is 2. The minimum Gasteiger partial charge on any atom is -0.325 e. The first-order chi connectivity index (χ1) is 10.1. The molecule has 0 saturated heterocycles. The van der Waals surface area contributed by atoms with Gasteiger partial charge in [0.25, 0.3) is 0 Å². The standard InChI is InChI=1S/C14H17N3OS3/c1-4-10-5-7-11(8-6-10)15-12(18)9(2)20-14-17-16-13(19-3)21-14/h5-9H,4H2,1-3H3,(H,15,18)/t9-/m1/s1. The molecule has 21 heavy (non-hydrogen) atoms. The predicted octanol–water partition coefficient (Wildman–Crippen LogP) is 3.94. The van der Waals surface area contributed by atoms with Crippen LogP contribution in [0.3, 0.4) is 0 Å². The van der Waals surface area contributed by atoms with Crippen molar-refractivity contribution in [2.24, 2.45) is 0 Å². The number of benzene rings is 1. The lowest BCUT2D eigenvalue weighted by molar-refractivity contribution is -0.115. The fourth-order valence-corrected chi connectivity index (χ4v) is 4.18. The number of aryl methyl sites for hydroxylation is 1. The van der Waals surface area contributed by atoms with Crippen LogP contribution in [0.4, 0.5) is 5.69 Å². The van der Waals surface area contributed by atoms with E-state index >= 15 is 0 Å². The summed E-state index contributed by atoms with van der Waals surface area (Å²) in [5.74, 6) is -0.0230. The number of nitrogens with one attached hydrogen (secondary N) is 1. The molecule has 1 N–H and O–H groups in total. The summed E-state index contributed by atoms with van der Waals surface area (Å²) in [6.07, 6.45) is 2.96. The van der Waals surface area contributed by atoms with Crippen LogP contribution >= 0.6 is 34.9 Å². The van der Waals surface area contributed by atoms with Crippen LogP contribution in [0.2, 0.25) is 0 Å². The largest absolute Gasteiger partial charge is 0.325 e. The van der Waals surface area contributed by atoms with Crippen LogP contribution in [-0.4, -0.2) is 27.6 Å². The molecule has 0 aliphatic carbocycles. The summed E-state index contributed by atoms with van der Waals surface area (Å²) in [6.45, 7) is 3.98. The second-order valence-corrected chi connectivity index (χ2v) is 7.96. The van der Waals surface area contributed by atoms with Gasteiger partial charge in [-0.05, 0) is 37.3 Å². The van der Waals surface area contributed by atoms with Crippen molar-refractivity contribution in [1.29, 1.82) is 0 Å². The number of aromatic nitrogens is 2. The first-order valence-corrected chi connectivity index (χ1v) is 9.48. The summed E-state index contributed by atoms with van der Waals surface area (Å²) in [5, 5.41) is 10.8.